The molecule has 0 saturated carbocycles. The molecule has 2 rings (SSSR count). The molecule has 0 saturated heterocycles. The van der Waals surface area contributed by atoms with Gasteiger partial charge in [-0.15, -0.1) is 0 Å². The quantitative estimate of drug-likeness (QED) is 0.507. The molecule has 0 heteroatoms. The van der Waals surface area contributed by atoms with Gasteiger partial charge in [0.05, 0.1) is 0 Å². The van der Waals surface area contributed by atoms with Crippen molar-refractivity contribution in [1.29, 1.82) is 0 Å². The highest BCUT2D eigenvalue weighted by Gasteiger charge is 2.24. The summed E-state index contributed by atoms with van der Waals surface area (Å²) in [6.07, 6.45) is 11.4. The maximum Gasteiger partial charge on any atom is -0.0260 e. The van der Waals surface area contributed by atoms with Crippen molar-refractivity contribution in [1.82, 2.24) is 0 Å². The highest BCUT2D eigenvalue weighted by molar-refractivity contribution is 5.32. The smallest absolute Gasteiger partial charge is 0.0260 e. The van der Waals surface area contributed by atoms with E-state index < -0.39 is 0 Å². The van der Waals surface area contributed by atoms with Crippen molar-refractivity contribution in [3.63, 3.8) is 0 Å². The lowest BCUT2D eigenvalue weighted by atomic mass is 9.83. The van der Waals surface area contributed by atoms with Crippen LogP contribution >= 0.6 is 0 Å². The van der Waals surface area contributed by atoms with Gasteiger partial charge in [0.25, 0.3) is 0 Å². The molecule has 0 spiro atoms. The molecule has 0 aromatic rings. The van der Waals surface area contributed by atoms with Crippen LogP contribution in [0.1, 0.15) is 46.0 Å². The van der Waals surface area contributed by atoms with Gasteiger partial charge in [0, 0.05) is 0 Å². The number of rotatable bonds is 0. The third-order valence-corrected chi connectivity index (χ3v) is 3.06. The molecule has 0 nitrogen and oxygen atoms in total. The molecule has 0 bridgehead atoms. The Labute approximate surface area is 75.4 Å². The number of allylic oxidation sites excluding steroid dienone is 4. The molecule has 0 unspecified atom stereocenters. The predicted molar refractivity (Wildman–Crippen MR) is 53.0 cm³/mol. The summed E-state index contributed by atoms with van der Waals surface area (Å²) < 4.78 is 0. The second-order valence-electron chi connectivity index (χ2n) is 4.93. The maximum atomic E-state index is 2.38. The molecule has 0 radical (unpaired) electrons. The van der Waals surface area contributed by atoms with Crippen LogP contribution in [-0.4, -0.2) is 0 Å². The van der Waals surface area contributed by atoms with E-state index in [1.165, 1.54) is 32.1 Å². The fourth-order valence-electron chi connectivity index (χ4n) is 2.40. The average Bonchev–Trinajstić information content (AvgIpc) is 2.31. The van der Waals surface area contributed by atoms with E-state index in [1.807, 2.05) is 0 Å². The van der Waals surface area contributed by atoms with Crippen LogP contribution in [0, 0.1) is 5.41 Å². The van der Waals surface area contributed by atoms with Gasteiger partial charge in [-0.1, -0.05) is 31.6 Å². The number of hydrogen-bond acceptors (Lipinski definition) is 0. The average molecular weight is 162 g/mol. The van der Waals surface area contributed by atoms with Crippen LogP contribution in [0.3, 0.4) is 0 Å². The molecule has 0 amide bonds. The van der Waals surface area contributed by atoms with Gasteiger partial charge in [0.15, 0.2) is 0 Å². The Kier molecular flexibility index (Phi) is 1.86. The topological polar surface area (TPSA) is 0 Å². The molecular weight excluding hydrogens is 144 g/mol. The Hall–Kier alpha value is -0.520. The summed E-state index contributed by atoms with van der Waals surface area (Å²) in [7, 11) is 0. The summed E-state index contributed by atoms with van der Waals surface area (Å²) in [5.41, 5.74) is 3.91. The second kappa shape index (κ2) is 2.76. The molecule has 0 heterocycles. The zero-order chi connectivity index (χ0) is 8.60. The van der Waals surface area contributed by atoms with Gasteiger partial charge < -0.3 is 0 Å². The minimum atomic E-state index is 0.512. The minimum absolute atomic E-state index is 0.512. The molecule has 0 aromatic carbocycles. The first-order valence-electron chi connectivity index (χ1n) is 5.05. The predicted octanol–water partition coefficient (Wildman–Crippen LogP) is 3.84. The standard InChI is InChI=1S/C12H18/c1-12(2)8-4-7-10-5-3-6-11(10)9-12/h4,7H,3,5-6,8-9H2,1-2H3. The van der Waals surface area contributed by atoms with Crippen LogP contribution in [0.4, 0.5) is 0 Å². The van der Waals surface area contributed by atoms with Gasteiger partial charge in [-0.3, -0.25) is 0 Å². The van der Waals surface area contributed by atoms with E-state index in [-0.39, 0.29) is 0 Å². The molecule has 0 aliphatic heterocycles. The normalized spacial score (nSPS) is 27.2. The largest absolute Gasteiger partial charge is 0.0837 e. The summed E-state index contributed by atoms with van der Waals surface area (Å²) in [6.45, 7) is 4.76. The van der Waals surface area contributed by atoms with Gasteiger partial charge in [-0.2, -0.15) is 0 Å². The fraction of sp³-hybridized carbons (Fsp3) is 0.667. The van der Waals surface area contributed by atoms with Crippen LogP contribution in [0.5, 0.6) is 0 Å². The number of hydrogen-bond donors (Lipinski definition) is 0. The van der Waals surface area contributed by atoms with Crippen LogP contribution in [-0.2, 0) is 0 Å². The van der Waals surface area contributed by atoms with Crippen molar-refractivity contribution in [2.75, 3.05) is 0 Å². The first-order chi connectivity index (χ1) is 5.67. The molecular formula is C12H18. The zero-order valence-corrected chi connectivity index (χ0v) is 8.19. The molecule has 0 aromatic heterocycles. The lowest BCUT2D eigenvalue weighted by Crippen LogP contribution is -2.09. The van der Waals surface area contributed by atoms with Crippen molar-refractivity contribution in [2.24, 2.45) is 5.41 Å². The summed E-state index contributed by atoms with van der Waals surface area (Å²) in [5.74, 6) is 0. The molecule has 12 heavy (non-hydrogen) atoms. The summed E-state index contributed by atoms with van der Waals surface area (Å²) >= 11 is 0. The van der Waals surface area contributed by atoms with Gasteiger partial charge in [-0.05, 0) is 43.1 Å². The van der Waals surface area contributed by atoms with Crippen LogP contribution < -0.4 is 0 Å². The first-order valence-corrected chi connectivity index (χ1v) is 5.05. The zero-order valence-electron chi connectivity index (χ0n) is 8.19. The van der Waals surface area contributed by atoms with Crippen LogP contribution in [0.15, 0.2) is 23.3 Å². The van der Waals surface area contributed by atoms with E-state index >= 15 is 0 Å². The lowest BCUT2D eigenvalue weighted by Gasteiger charge is -2.22. The summed E-state index contributed by atoms with van der Waals surface area (Å²) in [5, 5.41) is 0. The van der Waals surface area contributed by atoms with Crippen molar-refractivity contribution < 1.29 is 0 Å². The third kappa shape index (κ3) is 1.48. The Balaban J connectivity index is 2.25. The van der Waals surface area contributed by atoms with E-state index in [9.17, 15) is 0 Å². The Bertz CT molecular complexity index is 241. The van der Waals surface area contributed by atoms with Gasteiger partial charge in [-0.25, -0.2) is 0 Å². The van der Waals surface area contributed by atoms with Gasteiger partial charge >= 0.3 is 0 Å². The van der Waals surface area contributed by atoms with E-state index in [0.29, 0.717) is 5.41 Å². The van der Waals surface area contributed by atoms with Crippen molar-refractivity contribution in [2.45, 2.75) is 46.0 Å². The van der Waals surface area contributed by atoms with E-state index in [4.69, 9.17) is 0 Å². The van der Waals surface area contributed by atoms with E-state index in [1.54, 1.807) is 11.1 Å². The van der Waals surface area contributed by atoms with E-state index in [0.717, 1.165) is 0 Å². The molecule has 2 aliphatic carbocycles. The first kappa shape index (κ1) is 8.10. The lowest BCUT2D eigenvalue weighted by molar-refractivity contribution is 0.366. The molecule has 2 aliphatic rings. The summed E-state index contributed by atoms with van der Waals surface area (Å²) in [4.78, 5) is 0. The summed E-state index contributed by atoms with van der Waals surface area (Å²) in [6, 6.07) is 0. The Morgan fingerprint density at radius 2 is 2.08 bits per heavy atom. The maximum absolute atomic E-state index is 2.38. The van der Waals surface area contributed by atoms with Crippen LogP contribution in [0.25, 0.3) is 0 Å². The Morgan fingerprint density at radius 1 is 1.25 bits per heavy atom. The van der Waals surface area contributed by atoms with Crippen molar-refractivity contribution >= 4 is 0 Å². The van der Waals surface area contributed by atoms with Gasteiger partial charge in [0.1, 0.15) is 0 Å². The highest BCUT2D eigenvalue weighted by Crippen LogP contribution is 2.40. The molecule has 0 fully saturated rings. The monoisotopic (exact) mass is 162 g/mol. The molecule has 66 valence electrons. The van der Waals surface area contributed by atoms with Gasteiger partial charge in [0.2, 0.25) is 0 Å². The third-order valence-electron chi connectivity index (χ3n) is 3.06. The van der Waals surface area contributed by atoms with Crippen LogP contribution in [0.2, 0.25) is 0 Å². The van der Waals surface area contributed by atoms with Crippen molar-refractivity contribution in [3.05, 3.63) is 23.3 Å². The highest BCUT2D eigenvalue weighted by atomic mass is 14.3. The Morgan fingerprint density at radius 3 is 2.92 bits per heavy atom. The minimum Gasteiger partial charge on any atom is -0.0837 e. The SMILES string of the molecule is CC1(C)CC=CC2=C(CCC2)C1. The van der Waals surface area contributed by atoms with E-state index in [2.05, 4.69) is 26.0 Å². The second-order valence-corrected chi connectivity index (χ2v) is 4.93. The molecule has 0 N–H and O–H groups in total. The fourth-order valence-corrected chi connectivity index (χ4v) is 2.40. The molecule has 0 atom stereocenters. The van der Waals surface area contributed by atoms with Crippen molar-refractivity contribution in [3.8, 4) is 0 Å².